The molecule has 3 aromatic rings. The molecule has 0 aromatic carbocycles. The van der Waals surface area contributed by atoms with Crippen LogP contribution in [0.2, 0.25) is 0 Å². The zero-order valence-corrected chi connectivity index (χ0v) is 17.8. The Kier molecular flexibility index (Phi) is 6.33. The van der Waals surface area contributed by atoms with Gasteiger partial charge in [0.2, 0.25) is 6.73 Å². The van der Waals surface area contributed by atoms with E-state index in [0.29, 0.717) is 17.7 Å². The van der Waals surface area contributed by atoms with E-state index >= 15 is 0 Å². The van der Waals surface area contributed by atoms with E-state index in [-0.39, 0.29) is 12.5 Å². The van der Waals surface area contributed by atoms with Crippen molar-refractivity contribution in [3.8, 4) is 11.3 Å². The molecule has 4 N–H and O–H groups in total. The number of piperidine rings is 1. The maximum Gasteiger partial charge on any atom is 0.472 e. The van der Waals surface area contributed by atoms with Crippen molar-refractivity contribution in [2.24, 2.45) is 0 Å². The minimum atomic E-state index is -4.61. The Balaban J connectivity index is 1.45. The van der Waals surface area contributed by atoms with Gasteiger partial charge in [-0.1, -0.05) is 11.2 Å². The number of pyridine rings is 2. The highest BCUT2D eigenvalue weighted by atomic mass is 31.2. The van der Waals surface area contributed by atoms with Crippen LogP contribution in [0.5, 0.6) is 0 Å². The molecule has 1 aliphatic heterocycles. The normalized spacial score (nSPS) is 14.7. The van der Waals surface area contributed by atoms with Crippen molar-refractivity contribution in [3.05, 3.63) is 54.0 Å². The van der Waals surface area contributed by atoms with E-state index in [1.807, 2.05) is 12.3 Å². The van der Waals surface area contributed by atoms with E-state index in [4.69, 9.17) is 20.0 Å². The lowest BCUT2D eigenvalue weighted by atomic mass is 10.1. The summed E-state index contributed by atoms with van der Waals surface area (Å²) in [5, 5.41) is 4.12. The predicted molar refractivity (Wildman–Crippen MR) is 113 cm³/mol. The van der Waals surface area contributed by atoms with Crippen molar-refractivity contribution in [1.29, 1.82) is 0 Å². The summed E-state index contributed by atoms with van der Waals surface area (Å²) >= 11 is 0. The first kappa shape index (κ1) is 21.5. The molecule has 0 bridgehead atoms. The Morgan fingerprint density at radius 1 is 1.23 bits per heavy atom. The van der Waals surface area contributed by atoms with Crippen LogP contribution < -0.4 is 15.2 Å². The molecule has 0 unspecified atom stereocenters. The fraction of sp³-hybridized carbons (Fsp3) is 0.350. The van der Waals surface area contributed by atoms with Gasteiger partial charge >= 0.3 is 7.82 Å². The van der Waals surface area contributed by atoms with Crippen molar-refractivity contribution in [2.75, 3.05) is 23.7 Å². The van der Waals surface area contributed by atoms with E-state index in [9.17, 15) is 4.57 Å². The standard InChI is InChI=1S/C20H24N5O5P/c21-20-17(5-4-10-25(20)14-29-31(26,27)28)18-12-16(23-30-18)11-15-6-7-19(22-13-15)24-8-2-1-3-9-24/h4-7,10,12-13,21H,1-3,8-9,11,14H2,(H2,26,27,28)/p+1. The predicted octanol–water partition coefficient (Wildman–Crippen LogP) is 2.25. The molecular formula is C20H25N5O5P+. The number of nitrogens with two attached hydrogens (primary N) is 1. The zero-order valence-electron chi connectivity index (χ0n) is 16.9. The van der Waals surface area contributed by atoms with E-state index in [1.54, 1.807) is 24.4 Å². The Bertz CT molecular complexity index is 1080. The van der Waals surface area contributed by atoms with Gasteiger partial charge in [0.25, 0.3) is 5.82 Å². The molecule has 0 atom stereocenters. The summed E-state index contributed by atoms with van der Waals surface area (Å²) < 4.78 is 22.3. The molecule has 31 heavy (non-hydrogen) atoms. The monoisotopic (exact) mass is 446 g/mol. The van der Waals surface area contributed by atoms with Crippen molar-refractivity contribution in [3.63, 3.8) is 0 Å². The average molecular weight is 446 g/mol. The van der Waals surface area contributed by atoms with Gasteiger partial charge in [0, 0.05) is 31.8 Å². The quantitative estimate of drug-likeness (QED) is 0.368. The third kappa shape index (κ3) is 5.48. The Hall–Kier alpha value is -2.78. The van der Waals surface area contributed by atoms with Gasteiger partial charge in [0.1, 0.15) is 11.4 Å². The maximum atomic E-state index is 10.9. The van der Waals surface area contributed by atoms with Gasteiger partial charge in [0.15, 0.2) is 5.76 Å². The summed E-state index contributed by atoms with van der Waals surface area (Å²) in [4.78, 5) is 24.7. The molecule has 0 saturated carbocycles. The molecule has 4 heterocycles. The number of phosphoric acid groups is 1. The topological polar surface area (TPSA) is 139 Å². The van der Waals surface area contributed by atoms with Crippen molar-refractivity contribution in [2.45, 2.75) is 32.4 Å². The minimum Gasteiger partial charge on any atom is -0.357 e. The molecule has 3 aromatic heterocycles. The molecule has 4 rings (SSSR count). The minimum absolute atomic E-state index is 0.242. The van der Waals surface area contributed by atoms with Gasteiger partial charge in [-0.25, -0.2) is 18.6 Å². The van der Waals surface area contributed by atoms with Crippen LogP contribution in [0.4, 0.5) is 11.6 Å². The summed E-state index contributed by atoms with van der Waals surface area (Å²) in [6, 6.07) is 9.30. The summed E-state index contributed by atoms with van der Waals surface area (Å²) in [5.41, 5.74) is 8.42. The van der Waals surface area contributed by atoms with Gasteiger partial charge in [-0.05, 0) is 43.0 Å². The number of hydrogen-bond donors (Lipinski definition) is 3. The Morgan fingerprint density at radius 2 is 2.03 bits per heavy atom. The Labute approximate surface area is 179 Å². The van der Waals surface area contributed by atoms with Crippen molar-refractivity contribution >= 4 is 19.5 Å². The number of nitrogen functional groups attached to an aromatic ring is 1. The highest BCUT2D eigenvalue weighted by Gasteiger charge is 2.21. The van der Waals surface area contributed by atoms with Gasteiger partial charge < -0.3 is 19.2 Å². The molecule has 0 amide bonds. The molecule has 1 aliphatic rings. The molecule has 10 nitrogen and oxygen atoms in total. The third-order valence-corrected chi connectivity index (χ3v) is 5.63. The number of hydrogen-bond acceptors (Lipinski definition) is 7. The molecule has 11 heteroatoms. The first-order valence-electron chi connectivity index (χ1n) is 10.0. The maximum absolute atomic E-state index is 10.9. The van der Waals surface area contributed by atoms with Crippen LogP contribution in [-0.4, -0.2) is 33.0 Å². The van der Waals surface area contributed by atoms with E-state index in [1.165, 1.54) is 23.8 Å². The van der Waals surface area contributed by atoms with Crippen LogP contribution >= 0.6 is 7.82 Å². The average Bonchev–Trinajstić information content (AvgIpc) is 3.22. The van der Waals surface area contributed by atoms with Crippen LogP contribution in [0.25, 0.3) is 11.3 Å². The lowest BCUT2D eigenvalue weighted by Crippen LogP contribution is -2.38. The highest BCUT2D eigenvalue weighted by molar-refractivity contribution is 7.46. The lowest BCUT2D eigenvalue weighted by molar-refractivity contribution is -0.711. The second-order valence-electron chi connectivity index (χ2n) is 7.46. The van der Waals surface area contributed by atoms with Crippen LogP contribution in [0, 0.1) is 0 Å². The van der Waals surface area contributed by atoms with Crippen molar-refractivity contribution in [1.82, 2.24) is 10.1 Å². The first-order valence-corrected chi connectivity index (χ1v) is 11.6. The first-order chi connectivity index (χ1) is 14.9. The van der Waals surface area contributed by atoms with Crippen LogP contribution in [-0.2, 0) is 22.2 Å². The summed E-state index contributed by atoms with van der Waals surface area (Å²) in [6.07, 6.45) is 7.68. The zero-order chi connectivity index (χ0) is 21.8. The van der Waals surface area contributed by atoms with Crippen molar-refractivity contribution < 1.29 is 28.0 Å². The highest BCUT2D eigenvalue weighted by Crippen LogP contribution is 2.35. The molecule has 164 valence electrons. The number of nitrogens with zero attached hydrogens (tertiary/aromatic N) is 4. The van der Waals surface area contributed by atoms with E-state index in [2.05, 4.69) is 25.6 Å². The molecule has 1 fully saturated rings. The van der Waals surface area contributed by atoms with E-state index in [0.717, 1.165) is 30.2 Å². The fourth-order valence-corrected chi connectivity index (χ4v) is 3.86. The summed E-state index contributed by atoms with van der Waals surface area (Å²) in [5.74, 6) is 1.70. The summed E-state index contributed by atoms with van der Waals surface area (Å²) in [6.45, 7) is 1.72. The SMILES string of the molecule is Nc1c(-c2cc(Cc3ccc(N4CCCCC4)nc3)no2)ccc[n+]1COP(=O)(O)O. The molecule has 0 radical (unpaired) electrons. The Morgan fingerprint density at radius 3 is 2.74 bits per heavy atom. The fourth-order valence-electron chi connectivity index (χ4n) is 3.58. The molecule has 0 aliphatic carbocycles. The van der Waals surface area contributed by atoms with Crippen LogP contribution in [0.1, 0.15) is 30.5 Å². The number of aromatic nitrogens is 3. The van der Waals surface area contributed by atoms with Gasteiger partial charge in [-0.15, -0.1) is 0 Å². The lowest BCUT2D eigenvalue weighted by Gasteiger charge is -2.27. The smallest absolute Gasteiger partial charge is 0.357 e. The largest absolute Gasteiger partial charge is 0.472 e. The number of rotatable bonds is 7. The van der Waals surface area contributed by atoms with Gasteiger partial charge in [-0.3, -0.25) is 5.73 Å². The number of phosphoric ester groups is 1. The van der Waals surface area contributed by atoms with E-state index < -0.39 is 7.82 Å². The van der Waals surface area contributed by atoms with Crippen LogP contribution in [0.15, 0.2) is 47.2 Å². The molecule has 1 saturated heterocycles. The molecular weight excluding hydrogens is 421 g/mol. The van der Waals surface area contributed by atoms with Gasteiger partial charge in [0.05, 0.1) is 11.9 Å². The second kappa shape index (κ2) is 9.15. The number of anilines is 2. The van der Waals surface area contributed by atoms with Gasteiger partial charge in [-0.2, -0.15) is 0 Å². The molecule has 0 spiro atoms. The summed E-state index contributed by atoms with van der Waals surface area (Å²) in [7, 11) is -4.61. The van der Waals surface area contributed by atoms with Crippen LogP contribution in [0.3, 0.4) is 0 Å². The second-order valence-corrected chi connectivity index (χ2v) is 8.70. The third-order valence-electron chi connectivity index (χ3n) is 5.18.